The molecule has 0 radical (unpaired) electrons. The number of nitrogens with one attached hydrogen (secondary N) is 1. The molecule has 20 heavy (non-hydrogen) atoms. The Morgan fingerprint density at radius 3 is 2.90 bits per heavy atom. The Hall–Kier alpha value is -1.60. The summed E-state index contributed by atoms with van der Waals surface area (Å²) in [5, 5.41) is 7.29. The van der Waals surface area contributed by atoms with Crippen molar-refractivity contribution in [1.82, 2.24) is 19.7 Å². The molecule has 0 aromatic carbocycles. The van der Waals surface area contributed by atoms with E-state index in [2.05, 4.69) is 20.4 Å². The fourth-order valence-electron chi connectivity index (χ4n) is 1.44. The summed E-state index contributed by atoms with van der Waals surface area (Å²) in [6.45, 7) is 0.757. The maximum atomic E-state index is 11.6. The summed E-state index contributed by atoms with van der Waals surface area (Å²) >= 11 is 7.49. The molecule has 0 bridgehead atoms. The third-order valence-electron chi connectivity index (χ3n) is 2.47. The first-order chi connectivity index (χ1) is 9.68. The topological polar surface area (TPSA) is 72.7 Å². The van der Waals surface area contributed by atoms with E-state index in [4.69, 9.17) is 11.6 Å². The van der Waals surface area contributed by atoms with Crippen molar-refractivity contribution in [2.24, 2.45) is 7.05 Å². The number of hydrogen-bond donors (Lipinski definition) is 1. The zero-order valence-corrected chi connectivity index (χ0v) is 12.5. The minimum absolute atomic E-state index is 0.229. The van der Waals surface area contributed by atoms with Crippen LogP contribution < -0.4 is 10.9 Å². The Labute approximate surface area is 125 Å². The van der Waals surface area contributed by atoms with Gasteiger partial charge in [-0.25, -0.2) is 14.6 Å². The molecule has 0 aliphatic heterocycles. The van der Waals surface area contributed by atoms with Gasteiger partial charge in [0.2, 0.25) is 5.95 Å². The molecule has 0 saturated heterocycles. The Kier molecular flexibility index (Phi) is 5.37. The fourth-order valence-corrected chi connectivity index (χ4v) is 2.62. The van der Waals surface area contributed by atoms with Crippen LogP contribution in [0.1, 0.15) is 6.42 Å². The lowest BCUT2D eigenvalue weighted by atomic mass is 10.5. The van der Waals surface area contributed by atoms with Crippen LogP contribution in [0.5, 0.6) is 0 Å². The van der Waals surface area contributed by atoms with Crippen molar-refractivity contribution >= 4 is 29.3 Å². The van der Waals surface area contributed by atoms with E-state index in [0.717, 1.165) is 18.7 Å². The van der Waals surface area contributed by atoms with Crippen LogP contribution in [0.2, 0.25) is 5.02 Å². The van der Waals surface area contributed by atoms with Gasteiger partial charge in [0.1, 0.15) is 5.02 Å². The quantitative estimate of drug-likeness (QED) is 0.648. The van der Waals surface area contributed by atoms with Gasteiger partial charge in [-0.05, 0) is 18.2 Å². The van der Waals surface area contributed by atoms with Crippen LogP contribution >= 0.6 is 23.4 Å². The van der Waals surface area contributed by atoms with Crippen molar-refractivity contribution in [2.45, 2.75) is 11.3 Å². The van der Waals surface area contributed by atoms with Gasteiger partial charge >= 0.3 is 0 Å². The number of nitrogens with zero attached hydrogens (tertiary/aromatic N) is 4. The van der Waals surface area contributed by atoms with Crippen molar-refractivity contribution in [3.63, 3.8) is 0 Å². The van der Waals surface area contributed by atoms with Crippen LogP contribution in [-0.4, -0.2) is 32.0 Å². The van der Waals surface area contributed by atoms with Gasteiger partial charge in [-0.3, -0.25) is 4.79 Å². The monoisotopic (exact) mass is 311 g/mol. The van der Waals surface area contributed by atoms with Gasteiger partial charge in [-0.2, -0.15) is 5.10 Å². The maximum absolute atomic E-state index is 11.6. The fraction of sp³-hybridized carbons (Fsp3) is 0.333. The molecule has 2 aromatic heterocycles. The molecule has 8 heteroatoms. The van der Waals surface area contributed by atoms with Crippen LogP contribution in [0.3, 0.4) is 0 Å². The molecule has 2 rings (SSSR count). The largest absolute Gasteiger partial charge is 0.354 e. The highest BCUT2D eigenvalue weighted by molar-refractivity contribution is 7.99. The van der Waals surface area contributed by atoms with E-state index in [1.54, 1.807) is 31.7 Å². The molecule has 0 fully saturated rings. The van der Waals surface area contributed by atoms with Crippen molar-refractivity contribution in [3.8, 4) is 0 Å². The number of halogens is 1. The van der Waals surface area contributed by atoms with Crippen molar-refractivity contribution < 1.29 is 0 Å². The number of aryl methyl sites for hydroxylation is 1. The summed E-state index contributed by atoms with van der Waals surface area (Å²) in [4.78, 5) is 20.4. The summed E-state index contributed by atoms with van der Waals surface area (Å²) in [6, 6.07) is 1.77. The summed E-state index contributed by atoms with van der Waals surface area (Å²) < 4.78 is 1.22. The zero-order valence-electron chi connectivity index (χ0n) is 10.9. The highest BCUT2D eigenvalue weighted by atomic mass is 35.5. The highest BCUT2D eigenvalue weighted by Crippen LogP contribution is 2.23. The maximum Gasteiger partial charge on any atom is 0.286 e. The highest BCUT2D eigenvalue weighted by Gasteiger charge is 2.07. The van der Waals surface area contributed by atoms with Crippen LogP contribution in [0.4, 0.5) is 5.95 Å². The third-order valence-corrected chi connectivity index (χ3v) is 4.06. The lowest BCUT2D eigenvalue weighted by Gasteiger charge is -2.05. The second-order valence-electron chi connectivity index (χ2n) is 3.95. The van der Waals surface area contributed by atoms with E-state index in [1.165, 1.54) is 16.4 Å². The molecule has 0 saturated carbocycles. The summed E-state index contributed by atoms with van der Waals surface area (Å²) in [6.07, 6.45) is 5.89. The second kappa shape index (κ2) is 7.25. The molecular formula is C12H14ClN5OS. The Balaban J connectivity index is 1.77. The molecule has 106 valence electrons. The van der Waals surface area contributed by atoms with Gasteiger partial charge in [0.15, 0.2) is 0 Å². The Morgan fingerprint density at radius 1 is 1.40 bits per heavy atom. The normalized spacial score (nSPS) is 10.5. The first-order valence-corrected chi connectivity index (χ1v) is 7.40. The predicted molar refractivity (Wildman–Crippen MR) is 80.4 cm³/mol. The Bertz CT molecular complexity index is 619. The van der Waals surface area contributed by atoms with Gasteiger partial charge < -0.3 is 5.32 Å². The number of aromatic nitrogens is 4. The number of thioether (sulfide) groups is 1. The molecule has 2 aromatic rings. The van der Waals surface area contributed by atoms with E-state index in [1.807, 2.05) is 0 Å². The minimum atomic E-state index is -0.271. The molecule has 2 heterocycles. The molecule has 0 atom stereocenters. The average molecular weight is 312 g/mol. The molecule has 0 spiro atoms. The van der Waals surface area contributed by atoms with Crippen molar-refractivity contribution in [3.05, 3.63) is 40.0 Å². The number of hydrogen-bond acceptors (Lipinski definition) is 6. The smallest absolute Gasteiger partial charge is 0.286 e. The molecule has 0 amide bonds. The average Bonchev–Trinajstić information content (AvgIpc) is 2.48. The second-order valence-corrected chi connectivity index (χ2v) is 5.47. The lowest BCUT2D eigenvalue weighted by molar-refractivity contribution is 0.696. The van der Waals surface area contributed by atoms with Gasteiger partial charge in [-0.1, -0.05) is 11.6 Å². The van der Waals surface area contributed by atoms with Crippen LogP contribution in [0.25, 0.3) is 0 Å². The molecule has 1 N–H and O–H groups in total. The molecule has 0 aliphatic carbocycles. The van der Waals surface area contributed by atoms with Gasteiger partial charge in [0.05, 0.1) is 11.1 Å². The molecule has 0 unspecified atom stereocenters. The van der Waals surface area contributed by atoms with E-state index in [9.17, 15) is 4.79 Å². The van der Waals surface area contributed by atoms with E-state index in [-0.39, 0.29) is 10.6 Å². The van der Waals surface area contributed by atoms with Crippen LogP contribution in [0.15, 0.2) is 34.3 Å². The minimum Gasteiger partial charge on any atom is -0.354 e. The summed E-state index contributed by atoms with van der Waals surface area (Å²) in [5.41, 5.74) is -0.271. The van der Waals surface area contributed by atoms with E-state index >= 15 is 0 Å². The van der Waals surface area contributed by atoms with Gasteiger partial charge in [-0.15, -0.1) is 11.8 Å². The number of anilines is 1. The lowest BCUT2D eigenvalue weighted by Crippen LogP contribution is -2.20. The van der Waals surface area contributed by atoms with Gasteiger partial charge in [0.25, 0.3) is 5.56 Å². The third kappa shape index (κ3) is 3.94. The molecule has 6 nitrogen and oxygen atoms in total. The summed E-state index contributed by atoms with van der Waals surface area (Å²) in [7, 11) is 1.58. The summed E-state index contributed by atoms with van der Waals surface area (Å²) in [5.74, 6) is 1.44. The van der Waals surface area contributed by atoms with Crippen LogP contribution in [-0.2, 0) is 7.05 Å². The van der Waals surface area contributed by atoms with E-state index in [0.29, 0.717) is 10.8 Å². The number of rotatable bonds is 6. The molecule has 0 aliphatic rings. The van der Waals surface area contributed by atoms with E-state index < -0.39 is 0 Å². The van der Waals surface area contributed by atoms with Crippen molar-refractivity contribution in [2.75, 3.05) is 17.6 Å². The zero-order chi connectivity index (χ0) is 14.4. The molecular weight excluding hydrogens is 298 g/mol. The first kappa shape index (κ1) is 14.8. The SMILES string of the molecule is Cn1ncc(SCCCNc2ncccn2)c(Cl)c1=O. The Morgan fingerprint density at radius 2 is 2.15 bits per heavy atom. The standard InChI is InChI=1S/C12H14ClN5OS/c1-18-11(19)10(13)9(8-17-18)20-7-3-6-16-12-14-4-2-5-15-12/h2,4-5,8H,3,6-7H2,1H3,(H,14,15,16). The first-order valence-electron chi connectivity index (χ1n) is 6.04. The predicted octanol–water partition coefficient (Wildman–Crippen LogP) is 1.82. The van der Waals surface area contributed by atoms with Crippen LogP contribution in [0, 0.1) is 0 Å². The van der Waals surface area contributed by atoms with Crippen molar-refractivity contribution in [1.29, 1.82) is 0 Å². The van der Waals surface area contributed by atoms with Gasteiger partial charge in [0, 0.05) is 26.0 Å².